The smallest absolute Gasteiger partial charge is 0.0718 e. The summed E-state index contributed by atoms with van der Waals surface area (Å²) in [6, 6.07) is 8.59. The molecule has 90 valence electrons. The molecule has 0 saturated carbocycles. The maximum atomic E-state index is 9.69. The molecule has 0 aliphatic heterocycles. The second-order valence-corrected chi connectivity index (χ2v) is 5.29. The summed E-state index contributed by atoms with van der Waals surface area (Å²) in [6.07, 6.45) is 1.04. The number of nitrogens with zero attached hydrogens (tertiary/aromatic N) is 1. The van der Waals surface area contributed by atoms with Crippen molar-refractivity contribution in [2.24, 2.45) is 0 Å². The minimum Gasteiger partial charge on any atom is -0.389 e. The van der Waals surface area contributed by atoms with Gasteiger partial charge in [0.25, 0.3) is 0 Å². The number of hydrogen-bond acceptors (Lipinski definition) is 2. The highest BCUT2D eigenvalue weighted by Crippen LogP contribution is 2.07. The van der Waals surface area contributed by atoms with E-state index < -0.39 is 5.60 Å². The molecule has 1 aromatic carbocycles. The summed E-state index contributed by atoms with van der Waals surface area (Å²) in [5.74, 6) is 0. The van der Waals surface area contributed by atoms with Crippen LogP contribution in [0.3, 0.4) is 0 Å². The van der Waals surface area contributed by atoms with Crippen molar-refractivity contribution in [2.75, 3.05) is 20.1 Å². The van der Waals surface area contributed by atoms with Crippen molar-refractivity contribution in [3.05, 3.63) is 35.4 Å². The molecule has 0 bridgehead atoms. The fourth-order valence-corrected chi connectivity index (χ4v) is 1.93. The van der Waals surface area contributed by atoms with Crippen LogP contribution in [0, 0.1) is 6.92 Å². The van der Waals surface area contributed by atoms with Gasteiger partial charge in [0.2, 0.25) is 0 Å². The first-order chi connectivity index (χ1) is 7.37. The van der Waals surface area contributed by atoms with E-state index >= 15 is 0 Å². The van der Waals surface area contributed by atoms with Gasteiger partial charge in [0.1, 0.15) is 0 Å². The second-order valence-electron chi connectivity index (χ2n) is 5.29. The van der Waals surface area contributed by atoms with E-state index in [-0.39, 0.29) is 0 Å². The van der Waals surface area contributed by atoms with E-state index in [0.29, 0.717) is 6.54 Å². The van der Waals surface area contributed by atoms with Crippen LogP contribution in [0.2, 0.25) is 0 Å². The summed E-state index contributed by atoms with van der Waals surface area (Å²) in [7, 11) is 2.05. The van der Waals surface area contributed by atoms with Crippen molar-refractivity contribution in [1.82, 2.24) is 4.90 Å². The van der Waals surface area contributed by atoms with E-state index in [1.165, 1.54) is 11.1 Å². The molecule has 0 spiro atoms. The van der Waals surface area contributed by atoms with Gasteiger partial charge in [0, 0.05) is 13.1 Å². The molecule has 1 N–H and O–H groups in total. The lowest BCUT2D eigenvalue weighted by molar-refractivity contribution is 0.0450. The second kappa shape index (κ2) is 5.46. The maximum absolute atomic E-state index is 9.69. The number of rotatable bonds is 5. The van der Waals surface area contributed by atoms with Crippen molar-refractivity contribution in [1.29, 1.82) is 0 Å². The topological polar surface area (TPSA) is 23.5 Å². The van der Waals surface area contributed by atoms with Gasteiger partial charge in [-0.15, -0.1) is 0 Å². The van der Waals surface area contributed by atoms with E-state index in [9.17, 15) is 5.11 Å². The van der Waals surface area contributed by atoms with E-state index in [1.807, 2.05) is 20.9 Å². The average Bonchev–Trinajstić information content (AvgIpc) is 2.12. The van der Waals surface area contributed by atoms with Crippen molar-refractivity contribution in [2.45, 2.75) is 32.8 Å². The summed E-state index contributed by atoms with van der Waals surface area (Å²) in [6.45, 7) is 7.49. The molecule has 2 nitrogen and oxygen atoms in total. The molecular weight excluding hydrogens is 198 g/mol. The standard InChI is InChI=1S/C14H23NO/c1-12-6-5-7-13(10-12)8-9-15(4)11-14(2,3)16/h5-7,10,16H,8-9,11H2,1-4H3. The molecule has 0 unspecified atom stereocenters. The molecule has 0 heterocycles. The Bertz CT molecular complexity index is 328. The zero-order valence-electron chi connectivity index (χ0n) is 10.8. The zero-order valence-corrected chi connectivity index (χ0v) is 10.8. The lowest BCUT2D eigenvalue weighted by Gasteiger charge is -2.25. The van der Waals surface area contributed by atoms with Crippen molar-refractivity contribution < 1.29 is 5.11 Å². The molecular formula is C14H23NO. The summed E-state index contributed by atoms with van der Waals surface area (Å²) < 4.78 is 0. The summed E-state index contributed by atoms with van der Waals surface area (Å²) >= 11 is 0. The van der Waals surface area contributed by atoms with Gasteiger partial charge in [0.15, 0.2) is 0 Å². The average molecular weight is 221 g/mol. The highest BCUT2D eigenvalue weighted by atomic mass is 16.3. The minimum absolute atomic E-state index is 0.610. The molecule has 0 amide bonds. The SMILES string of the molecule is Cc1cccc(CCN(C)CC(C)(C)O)c1. The number of aliphatic hydroxyl groups is 1. The van der Waals surface area contributed by atoms with Crippen LogP contribution in [0.1, 0.15) is 25.0 Å². The predicted molar refractivity (Wildman–Crippen MR) is 68.7 cm³/mol. The van der Waals surface area contributed by atoms with Crippen molar-refractivity contribution in [3.8, 4) is 0 Å². The molecule has 0 saturated heterocycles. The molecule has 0 fully saturated rings. The largest absolute Gasteiger partial charge is 0.389 e. The first kappa shape index (κ1) is 13.2. The Balaban J connectivity index is 2.40. The van der Waals surface area contributed by atoms with Crippen LogP contribution in [0.15, 0.2) is 24.3 Å². The predicted octanol–water partition coefficient (Wildman–Crippen LogP) is 2.24. The molecule has 16 heavy (non-hydrogen) atoms. The van der Waals surface area contributed by atoms with E-state index in [0.717, 1.165) is 13.0 Å². The third kappa shape index (κ3) is 5.29. The molecule has 0 aliphatic carbocycles. The number of benzene rings is 1. The van der Waals surface area contributed by atoms with Gasteiger partial charge in [-0.2, -0.15) is 0 Å². The number of likely N-dealkylation sites (N-methyl/N-ethyl adjacent to an activating group) is 1. The Hall–Kier alpha value is -0.860. The van der Waals surface area contributed by atoms with Crippen LogP contribution in [0.5, 0.6) is 0 Å². The minimum atomic E-state index is -0.610. The third-order valence-corrected chi connectivity index (χ3v) is 2.52. The summed E-state index contributed by atoms with van der Waals surface area (Å²) in [5, 5.41) is 9.69. The Morgan fingerprint density at radius 3 is 2.56 bits per heavy atom. The van der Waals surface area contributed by atoms with E-state index in [1.54, 1.807) is 0 Å². The highest BCUT2D eigenvalue weighted by Gasteiger charge is 2.14. The summed E-state index contributed by atoms with van der Waals surface area (Å²) in [5.41, 5.74) is 2.06. The normalized spacial score (nSPS) is 12.1. The van der Waals surface area contributed by atoms with Gasteiger partial charge in [-0.3, -0.25) is 0 Å². The van der Waals surface area contributed by atoms with E-state index in [4.69, 9.17) is 0 Å². The van der Waals surface area contributed by atoms with Crippen molar-refractivity contribution in [3.63, 3.8) is 0 Å². The van der Waals surface area contributed by atoms with Gasteiger partial charge in [-0.05, 0) is 39.8 Å². The van der Waals surface area contributed by atoms with Crippen LogP contribution < -0.4 is 0 Å². The molecule has 0 atom stereocenters. The highest BCUT2D eigenvalue weighted by molar-refractivity contribution is 5.22. The molecule has 0 radical (unpaired) electrons. The van der Waals surface area contributed by atoms with Crippen LogP contribution in [-0.4, -0.2) is 35.7 Å². The van der Waals surface area contributed by atoms with Crippen LogP contribution >= 0.6 is 0 Å². The first-order valence-electron chi connectivity index (χ1n) is 5.83. The van der Waals surface area contributed by atoms with E-state index in [2.05, 4.69) is 36.1 Å². The van der Waals surface area contributed by atoms with Crippen LogP contribution in [-0.2, 0) is 6.42 Å². The van der Waals surface area contributed by atoms with Crippen LogP contribution in [0.4, 0.5) is 0 Å². The van der Waals surface area contributed by atoms with Gasteiger partial charge < -0.3 is 10.0 Å². The lowest BCUT2D eigenvalue weighted by Crippen LogP contribution is -2.37. The Labute approximate surface area is 98.9 Å². The molecule has 1 aromatic rings. The third-order valence-electron chi connectivity index (χ3n) is 2.52. The van der Waals surface area contributed by atoms with Gasteiger partial charge in [0.05, 0.1) is 5.60 Å². The number of hydrogen-bond donors (Lipinski definition) is 1. The quantitative estimate of drug-likeness (QED) is 0.824. The fourth-order valence-electron chi connectivity index (χ4n) is 1.93. The molecule has 2 heteroatoms. The first-order valence-corrected chi connectivity index (χ1v) is 5.83. The van der Waals surface area contributed by atoms with Gasteiger partial charge >= 0.3 is 0 Å². The van der Waals surface area contributed by atoms with Gasteiger partial charge in [-0.25, -0.2) is 0 Å². The zero-order chi connectivity index (χ0) is 12.2. The Morgan fingerprint density at radius 1 is 1.31 bits per heavy atom. The van der Waals surface area contributed by atoms with Gasteiger partial charge in [-0.1, -0.05) is 29.8 Å². The number of aryl methyl sites for hydroxylation is 1. The summed E-state index contributed by atoms with van der Waals surface area (Å²) in [4.78, 5) is 2.17. The Kier molecular flexibility index (Phi) is 4.51. The monoisotopic (exact) mass is 221 g/mol. The maximum Gasteiger partial charge on any atom is 0.0718 e. The van der Waals surface area contributed by atoms with Crippen LogP contribution in [0.25, 0.3) is 0 Å². The van der Waals surface area contributed by atoms with Crippen molar-refractivity contribution >= 4 is 0 Å². The Morgan fingerprint density at radius 2 is 2.00 bits per heavy atom. The molecule has 0 aromatic heterocycles. The molecule has 0 aliphatic rings. The lowest BCUT2D eigenvalue weighted by atomic mass is 10.1. The molecule has 1 rings (SSSR count). The fraction of sp³-hybridized carbons (Fsp3) is 0.571.